The Hall–Kier alpha value is -1.77. The summed E-state index contributed by atoms with van der Waals surface area (Å²) in [4.78, 5) is 12.6. The van der Waals surface area contributed by atoms with E-state index in [0.29, 0.717) is 29.1 Å². The van der Waals surface area contributed by atoms with E-state index in [1.807, 2.05) is 6.07 Å². The number of benzene rings is 1. The molecule has 3 aliphatic rings. The monoisotopic (exact) mass is 298 g/mol. The Kier molecular flexibility index (Phi) is 2.91. The predicted octanol–water partition coefficient (Wildman–Crippen LogP) is 3.87. The van der Waals surface area contributed by atoms with Crippen molar-refractivity contribution in [2.45, 2.75) is 44.9 Å². The second-order valence-electron chi connectivity index (χ2n) is 7.44. The van der Waals surface area contributed by atoms with Crippen LogP contribution in [0, 0.1) is 17.3 Å². The summed E-state index contributed by atoms with van der Waals surface area (Å²) < 4.78 is 0. The van der Waals surface area contributed by atoms with Crippen molar-refractivity contribution in [3.8, 4) is 5.75 Å². The van der Waals surface area contributed by atoms with Gasteiger partial charge in [0.15, 0.2) is 5.78 Å². The standard InChI is InChI=1S/C19H22O3/c1-19-7-6-15-14-5-3-13(21)8-11(14)2-4-16(15)17(19)9-12(10-20)18(19)22/h3,5,8,10,15-17,20-21H,2,4,6-7,9H2,1H3/b12-10-/t15-,16-,17+,19+/m1/s1. The molecule has 3 heteroatoms. The average molecular weight is 298 g/mol. The van der Waals surface area contributed by atoms with E-state index in [0.717, 1.165) is 38.4 Å². The number of hydrogen-bond acceptors (Lipinski definition) is 3. The number of phenolic OH excluding ortho intramolecular Hbond substituents is 1. The van der Waals surface area contributed by atoms with Gasteiger partial charge in [0, 0.05) is 11.0 Å². The van der Waals surface area contributed by atoms with Gasteiger partial charge < -0.3 is 10.2 Å². The molecule has 0 spiro atoms. The summed E-state index contributed by atoms with van der Waals surface area (Å²) >= 11 is 0. The normalized spacial score (nSPS) is 38.5. The minimum Gasteiger partial charge on any atom is -0.515 e. The van der Waals surface area contributed by atoms with E-state index < -0.39 is 0 Å². The predicted molar refractivity (Wildman–Crippen MR) is 83.8 cm³/mol. The van der Waals surface area contributed by atoms with Crippen LogP contribution in [0.15, 0.2) is 30.0 Å². The molecule has 4 rings (SSSR count). The van der Waals surface area contributed by atoms with Gasteiger partial charge in [-0.05, 0) is 73.1 Å². The highest BCUT2D eigenvalue weighted by molar-refractivity contribution is 6.02. The maximum absolute atomic E-state index is 12.6. The third kappa shape index (κ3) is 1.71. The average Bonchev–Trinajstić information content (AvgIpc) is 2.78. The highest BCUT2D eigenvalue weighted by Crippen LogP contribution is 2.60. The number of aryl methyl sites for hydroxylation is 1. The van der Waals surface area contributed by atoms with Gasteiger partial charge in [0.1, 0.15) is 5.75 Å². The Bertz CT molecular complexity index is 675. The lowest BCUT2D eigenvalue weighted by Gasteiger charge is -2.48. The van der Waals surface area contributed by atoms with Crippen LogP contribution >= 0.6 is 0 Å². The molecule has 1 aromatic carbocycles. The molecule has 3 nitrogen and oxygen atoms in total. The molecule has 116 valence electrons. The largest absolute Gasteiger partial charge is 0.515 e. The number of phenols is 1. The molecule has 22 heavy (non-hydrogen) atoms. The van der Waals surface area contributed by atoms with E-state index in [2.05, 4.69) is 13.0 Å². The van der Waals surface area contributed by atoms with Crippen LogP contribution < -0.4 is 0 Å². The smallest absolute Gasteiger partial charge is 0.168 e. The molecule has 0 saturated heterocycles. The fraction of sp³-hybridized carbons (Fsp3) is 0.526. The highest BCUT2D eigenvalue weighted by Gasteiger charge is 2.56. The first-order chi connectivity index (χ1) is 10.5. The van der Waals surface area contributed by atoms with Crippen LogP contribution in [-0.2, 0) is 11.2 Å². The van der Waals surface area contributed by atoms with Crippen molar-refractivity contribution >= 4 is 5.78 Å². The summed E-state index contributed by atoms with van der Waals surface area (Å²) in [6, 6.07) is 5.76. The summed E-state index contributed by atoms with van der Waals surface area (Å²) in [5.74, 6) is 1.86. The number of hydrogen-bond donors (Lipinski definition) is 2. The molecule has 2 N–H and O–H groups in total. The Balaban J connectivity index is 1.74. The SMILES string of the molecule is C[C@]12CC[C@@H]3c4ccc(O)cc4CC[C@H]3[C@@H]1C/C(=C/O)C2=O. The third-order valence-corrected chi connectivity index (χ3v) is 6.51. The quantitative estimate of drug-likeness (QED) is 0.564. The molecule has 4 atom stereocenters. The van der Waals surface area contributed by atoms with Gasteiger partial charge in [-0.25, -0.2) is 0 Å². The fourth-order valence-corrected chi connectivity index (χ4v) is 5.36. The van der Waals surface area contributed by atoms with E-state index in [1.165, 1.54) is 11.1 Å². The first-order valence-corrected chi connectivity index (χ1v) is 8.24. The zero-order chi connectivity index (χ0) is 15.5. The lowest BCUT2D eigenvalue weighted by molar-refractivity contribution is -0.127. The second-order valence-corrected chi connectivity index (χ2v) is 7.44. The molecule has 0 amide bonds. The van der Waals surface area contributed by atoms with Gasteiger partial charge in [0.2, 0.25) is 0 Å². The number of rotatable bonds is 0. The Morgan fingerprint density at radius 1 is 1.32 bits per heavy atom. The van der Waals surface area contributed by atoms with Crippen LogP contribution in [0.25, 0.3) is 0 Å². The molecule has 0 bridgehead atoms. The first-order valence-electron chi connectivity index (χ1n) is 8.24. The van der Waals surface area contributed by atoms with E-state index >= 15 is 0 Å². The number of aromatic hydroxyl groups is 1. The zero-order valence-corrected chi connectivity index (χ0v) is 12.9. The van der Waals surface area contributed by atoms with E-state index in [9.17, 15) is 15.0 Å². The van der Waals surface area contributed by atoms with Crippen molar-refractivity contribution < 1.29 is 15.0 Å². The molecule has 0 unspecified atom stereocenters. The highest BCUT2D eigenvalue weighted by atomic mass is 16.3. The topological polar surface area (TPSA) is 57.5 Å². The van der Waals surface area contributed by atoms with Gasteiger partial charge in [-0.15, -0.1) is 0 Å². The number of aliphatic hydroxyl groups excluding tert-OH is 1. The van der Waals surface area contributed by atoms with Crippen LogP contribution in [0.3, 0.4) is 0 Å². The molecule has 0 radical (unpaired) electrons. The maximum Gasteiger partial charge on any atom is 0.168 e. The summed E-state index contributed by atoms with van der Waals surface area (Å²) in [5.41, 5.74) is 2.96. The van der Waals surface area contributed by atoms with Gasteiger partial charge in [-0.3, -0.25) is 4.79 Å². The Morgan fingerprint density at radius 3 is 2.91 bits per heavy atom. The number of carbonyl (C=O) groups is 1. The van der Waals surface area contributed by atoms with E-state index in [1.54, 1.807) is 6.07 Å². The minimum atomic E-state index is -0.288. The molecule has 1 aromatic rings. The van der Waals surface area contributed by atoms with Crippen molar-refractivity contribution in [2.75, 3.05) is 0 Å². The van der Waals surface area contributed by atoms with Gasteiger partial charge in [-0.1, -0.05) is 13.0 Å². The van der Waals surface area contributed by atoms with Gasteiger partial charge >= 0.3 is 0 Å². The number of allylic oxidation sites excluding steroid dienone is 1. The van der Waals surface area contributed by atoms with Crippen molar-refractivity contribution in [2.24, 2.45) is 17.3 Å². The van der Waals surface area contributed by atoms with Gasteiger partial charge in [0.25, 0.3) is 0 Å². The Morgan fingerprint density at radius 2 is 2.14 bits per heavy atom. The zero-order valence-electron chi connectivity index (χ0n) is 12.9. The van der Waals surface area contributed by atoms with Gasteiger partial charge in [-0.2, -0.15) is 0 Å². The van der Waals surface area contributed by atoms with Crippen LogP contribution in [0.2, 0.25) is 0 Å². The third-order valence-electron chi connectivity index (χ3n) is 6.51. The molecule has 0 aromatic heterocycles. The number of fused-ring (bicyclic) bond motifs is 5. The minimum absolute atomic E-state index is 0.162. The Labute approximate surface area is 130 Å². The molecule has 0 heterocycles. The van der Waals surface area contributed by atoms with Crippen LogP contribution in [0.1, 0.15) is 49.7 Å². The molecular weight excluding hydrogens is 276 g/mol. The first kappa shape index (κ1) is 13.9. The molecule has 2 fully saturated rings. The van der Waals surface area contributed by atoms with E-state index in [-0.39, 0.29) is 11.2 Å². The molecule has 2 saturated carbocycles. The molecular formula is C19H22O3. The summed E-state index contributed by atoms with van der Waals surface area (Å²) in [7, 11) is 0. The van der Waals surface area contributed by atoms with Crippen LogP contribution in [-0.4, -0.2) is 16.0 Å². The van der Waals surface area contributed by atoms with Gasteiger partial charge in [0.05, 0.1) is 6.26 Å². The maximum atomic E-state index is 12.6. The fourth-order valence-electron chi connectivity index (χ4n) is 5.36. The number of Topliss-reactive ketones (excluding diaryl/α,β-unsaturated/α-hetero) is 1. The lowest BCUT2D eigenvalue weighted by Crippen LogP contribution is -2.42. The number of carbonyl (C=O) groups excluding carboxylic acids is 1. The summed E-state index contributed by atoms with van der Waals surface area (Å²) in [5, 5.41) is 19.1. The van der Waals surface area contributed by atoms with Crippen LogP contribution in [0.4, 0.5) is 0 Å². The number of ketones is 1. The summed E-state index contributed by atoms with van der Waals surface area (Å²) in [6.07, 6.45) is 5.74. The summed E-state index contributed by atoms with van der Waals surface area (Å²) in [6.45, 7) is 2.10. The van der Waals surface area contributed by atoms with Crippen molar-refractivity contribution in [1.82, 2.24) is 0 Å². The van der Waals surface area contributed by atoms with Crippen molar-refractivity contribution in [1.29, 1.82) is 0 Å². The van der Waals surface area contributed by atoms with Crippen molar-refractivity contribution in [3.63, 3.8) is 0 Å². The second kappa shape index (κ2) is 4.61. The van der Waals surface area contributed by atoms with Crippen molar-refractivity contribution in [3.05, 3.63) is 41.2 Å². The van der Waals surface area contributed by atoms with Crippen LogP contribution in [0.5, 0.6) is 5.75 Å². The molecule has 0 aliphatic heterocycles. The lowest BCUT2D eigenvalue weighted by atomic mass is 9.55. The molecule has 3 aliphatic carbocycles. The van der Waals surface area contributed by atoms with E-state index in [4.69, 9.17) is 0 Å². The number of aliphatic hydroxyl groups is 1.